The molecule has 0 saturated carbocycles. The lowest BCUT2D eigenvalue weighted by molar-refractivity contribution is -0.394. The molecule has 0 radical (unpaired) electrons. The number of nitrogens with one attached hydrogen (secondary N) is 4. The van der Waals surface area contributed by atoms with E-state index in [0.29, 0.717) is 16.8 Å². The molecule has 0 aromatic heterocycles. The van der Waals surface area contributed by atoms with Gasteiger partial charge in [0.05, 0.1) is 32.2 Å². The number of nitrogens with zero attached hydrogens (tertiary/aromatic N) is 2. The second-order valence-corrected chi connectivity index (χ2v) is 7.05. The van der Waals surface area contributed by atoms with Gasteiger partial charge in [0.25, 0.3) is 17.3 Å². The number of carbonyl (C=O) groups excluding carboxylic acids is 3. The van der Waals surface area contributed by atoms with Crippen LogP contribution in [-0.4, -0.2) is 32.7 Å². The summed E-state index contributed by atoms with van der Waals surface area (Å²) in [6.07, 6.45) is -0.397. The van der Waals surface area contributed by atoms with E-state index in [0.717, 1.165) is 12.1 Å². The van der Waals surface area contributed by atoms with E-state index >= 15 is 0 Å². The van der Waals surface area contributed by atoms with Crippen molar-refractivity contribution in [3.63, 3.8) is 0 Å². The highest BCUT2D eigenvalue weighted by atomic mass is 35.5. The van der Waals surface area contributed by atoms with Crippen molar-refractivity contribution in [2.24, 2.45) is 0 Å². The van der Waals surface area contributed by atoms with E-state index < -0.39 is 38.9 Å². The summed E-state index contributed by atoms with van der Waals surface area (Å²) in [6.45, 7) is 0. The molecule has 0 heterocycles. The van der Waals surface area contributed by atoms with Crippen LogP contribution in [-0.2, 0) is 9.59 Å². The molecule has 0 spiro atoms. The smallest absolute Gasteiger partial charge is 0.277 e. The van der Waals surface area contributed by atoms with Crippen molar-refractivity contribution in [1.29, 1.82) is 0 Å². The molecular formula is C18H15ClN6O7S. The first-order valence-corrected chi connectivity index (χ1v) is 9.74. The van der Waals surface area contributed by atoms with E-state index in [1.54, 1.807) is 24.3 Å². The van der Waals surface area contributed by atoms with Gasteiger partial charge in [-0.1, -0.05) is 23.7 Å². The maximum atomic E-state index is 12.2. The minimum Gasteiger partial charge on any atom is -0.325 e. The van der Waals surface area contributed by atoms with Crippen LogP contribution in [0.15, 0.2) is 42.5 Å². The summed E-state index contributed by atoms with van der Waals surface area (Å²) in [5.41, 5.74) is 3.08. The summed E-state index contributed by atoms with van der Waals surface area (Å²) in [6, 6.07) is 8.93. The topological polar surface area (TPSA) is 186 Å². The molecule has 2 rings (SSSR count). The summed E-state index contributed by atoms with van der Waals surface area (Å²) in [4.78, 5) is 56.0. The predicted octanol–water partition coefficient (Wildman–Crippen LogP) is 2.21. The highest BCUT2D eigenvalue weighted by Gasteiger charge is 2.20. The molecular weight excluding hydrogens is 480 g/mol. The fraction of sp³-hybridized carbons (Fsp3) is 0.111. The van der Waals surface area contributed by atoms with Gasteiger partial charge in [-0.05, 0) is 24.4 Å². The summed E-state index contributed by atoms with van der Waals surface area (Å²) < 4.78 is 0. The minimum absolute atomic E-state index is 0.171. The van der Waals surface area contributed by atoms with Gasteiger partial charge in [-0.15, -0.1) is 0 Å². The highest BCUT2D eigenvalue weighted by molar-refractivity contribution is 7.80. The fourth-order valence-electron chi connectivity index (χ4n) is 2.33. The SMILES string of the molecule is O=C(CCC(=O)Nc1ccccc1Cl)NNC(=S)NC(=O)c1cc([N+](=O)[O-])cc([N+](=O)[O-])c1. The van der Waals surface area contributed by atoms with Gasteiger partial charge in [-0.25, -0.2) is 0 Å². The molecule has 33 heavy (non-hydrogen) atoms. The van der Waals surface area contributed by atoms with Gasteiger partial charge < -0.3 is 5.32 Å². The number of hydrazine groups is 1. The Morgan fingerprint density at radius 1 is 0.909 bits per heavy atom. The second kappa shape index (κ2) is 11.4. The number of amides is 3. The zero-order valence-electron chi connectivity index (χ0n) is 16.5. The standard InChI is InChI=1S/C18H15ClN6O7S/c19-13-3-1-2-4-14(13)20-15(26)5-6-16(27)22-23-18(33)21-17(28)10-7-11(24(29)30)9-12(8-10)25(31)32/h1-4,7-9H,5-6H2,(H,20,26)(H,22,27)(H2,21,23,28,33). The van der Waals surface area contributed by atoms with Crippen molar-refractivity contribution in [1.82, 2.24) is 16.2 Å². The fourth-order valence-corrected chi connectivity index (χ4v) is 2.66. The number of nitro groups is 2. The summed E-state index contributed by atoms with van der Waals surface area (Å²) in [5.74, 6) is -2.07. The lowest BCUT2D eigenvalue weighted by atomic mass is 10.1. The minimum atomic E-state index is -0.979. The van der Waals surface area contributed by atoms with Crippen molar-refractivity contribution in [3.05, 3.63) is 73.3 Å². The predicted molar refractivity (Wildman–Crippen MR) is 120 cm³/mol. The quantitative estimate of drug-likeness (QED) is 0.254. The molecule has 0 bridgehead atoms. The number of anilines is 1. The average Bonchev–Trinajstić information content (AvgIpc) is 2.77. The average molecular weight is 495 g/mol. The first-order chi connectivity index (χ1) is 15.6. The van der Waals surface area contributed by atoms with Crippen LogP contribution in [0.3, 0.4) is 0 Å². The molecule has 2 aromatic carbocycles. The van der Waals surface area contributed by atoms with Gasteiger partial charge in [-0.2, -0.15) is 0 Å². The second-order valence-electron chi connectivity index (χ2n) is 6.24. The summed E-state index contributed by atoms with van der Waals surface area (Å²) in [5, 5.41) is 26.4. The maximum Gasteiger partial charge on any atom is 0.277 e. The molecule has 15 heteroatoms. The lowest BCUT2D eigenvalue weighted by Crippen LogP contribution is -2.48. The number of halogens is 1. The van der Waals surface area contributed by atoms with Crippen LogP contribution >= 0.6 is 23.8 Å². The van der Waals surface area contributed by atoms with Crippen LogP contribution in [0, 0.1) is 20.2 Å². The van der Waals surface area contributed by atoms with Crippen LogP contribution in [0.4, 0.5) is 17.1 Å². The number of hydrogen-bond acceptors (Lipinski definition) is 8. The van der Waals surface area contributed by atoms with Crippen LogP contribution in [0.1, 0.15) is 23.2 Å². The third-order valence-electron chi connectivity index (χ3n) is 3.86. The van der Waals surface area contributed by atoms with Crippen LogP contribution in [0.25, 0.3) is 0 Å². The molecule has 2 aromatic rings. The number of thiocarbonyl (C=S) groups is 1. The Hall–Kier alpha value is -4.17. The number of carbonyl (C=O) groups is 3. The Kier molecular flexibility index (Phi) is 8.71. The lowest BCUT2D eigenvalue weighted by Gasteiger charge is -2.11. The number of para-hydroxylation sites is 1. The van der Waals surface area contributed by atoms with Crippen molar-refractivity contribution >= 4 is 63.7 Å². The van der Waals surface area contributed by atoms with Gasteiger partial charge in [0, 0.05) is 25.0 Å². The molecule has 0 aliphatic carbocycles. The number of rotatable bonds is 7. The first-order valence-electron chi connectivity index (χ1n) is 8.95. The Balaban J connectivity index is 1.83. The van der Waals surface area contributed by atoms with Crippen molar-refractivity contribution in [2.45, 2.75) is 12.8 Å². The Morgan fingerprint density at radius 2 is 1.48 bits per heavy atom. The van der Waals surface area contributed by atoms with Gasteiger partial charge in [0.2, 0.25) is 11.8 Å². The summed E-state index contributed by atoms with van der Waals surface area (Å²) in [7, 11) is 0. The van der Waals surface area contributed by atoms with Crippen molar-refractivity contribution in [3.8, 4) is 0 Å². The van der Waals surface area contributed by atoms with Crippen LogP contribution < -0.4 is 21.5 Å². The monoisotopic (exact) mass is 494 g/mol. The van der Waals surface area contributed by atoms with E-state index in [-0.39, 0.29) is 23.5 Å². The zero-order valence-corrected chi connectivity index (χ0v) is 18.1. The Bertz CT molecular complexity index is 1110. The Morgan fingerprint density at radius 3 is 2.06 bits per heavy atom. The molecule has 13 nitrogen and oxygen atoms in total. The van der Waals surface area contributed by atoms with Gasteiger partial charge >= 0.3 is 0 Å². The van der Waals surface area contributed by atoms with Gasteiger partial charge in [-0.3, -0.25) is 50.8 Å². The molecule has 0 saturated heterocycles. The number of non-ortho nitro benzene ring substituents is 2. The molecule has 0 unspecified atom stereocenters. The van der Waals surface area contributed by atoms with E-state index in [2.05, 4.69) is 21.5 Å². The normalized spacial score (nSPS) is 9.97. The first kappa shape index (κ1) is 25.1. The molecule has 0 aliphatic heterocycles. The zero-order chi connectivity index (χ0) is 24.5. The molecule has 172 valence electrons. The molecule has 0 fully saturated rings. The van der Waals surface area contributed by atoms with E-state index in [4.69, 9.17) is 23.8 Å². The van der Waals surface area contributed by atoms with E-state index in [1.165, 1.54) is 0 Å². The largest absolute Gasteiger partial charge is 0.325 e. The third kappa shape index (κ3) is 7.79. The molecule has 4 N–H and O–H groups in total. The number of nitro benzene ring substituents is 2. The van der Waals surface area contributed by atoms with Crippen LogP contribution in [0.5, 0.6) is 0 Å². The molecule has 0 aliphatic rings. The van der Waals surface area contributed by atoms with Crippen molar-refractivity contribution in [2.75, 3.05) is 5.32 Å². The third-order valence-corrected chi connectivity index (χ3v) is 4.39. The van der Waals surface area contributed by atoms with E-state index in [9.17, 15) is 34.6 Å². The summed E-state index contributed by atoms with van der Waals surface area (Å²) >= 11 is 10.8. The highest BCUT2D eigenvalue weighted by Crippen LogP contribution is 2.23. The molecule has 3 amide bonds. The van der Waals surface area contributed by atoms with Crippen LogP contribution in [0.2, 0.25) is 5.02 Å². The van der Waals surface area contributed by atoms with Crippen molar-refractivity contribution < 1.29 is 24.2 Å². The van der Waals surface area contributed by atoms with E-state index in [1.807, 2.05) is 0 Å². The molecule has 0 atom stereocenters. The maximum absolute atomic E-state index is 12.2. The Labute approximate surface area is 195 Å². The number of benzene rings is 2. The van der Waals surface area contributed by atoms with Gasteiger partial charge in [0.15, 0.2) is 5.11 Å². The van der Waals surface area contributed by atoms with Gasteiger partial charge in [0.1, 0.15) is 0 Å². The number of hydrogen-bond donors (Lipinski definition) is 4.